The Hall–Kier alpha value is -2.69. The molecule has 3 N–H and O–H groups in total. The number of nitrogens with zero attached hydrogens (tertiary/aromatic N) is 1. The molecular formula is C32H38INO6. The average Bonchev–Trinajstić information content (AvgIpc) is 3.21. The fourth-order valence-electron chi connectivity index (χ4n) is 6.23. The molecule has 1 heterocycles. The molecule has 0 unspecified atom stereocenters. The minimum absolute atomic E-state index is 0.112. The molecule has 40 heavy (non-hydrogen) atoms. The summed E-state index contributed by atoms with van der Waals surface area (Å²) in [5.41, 5.74) is 4.29. The van der Waals surface area contributed by atoms with Crippen molar-refractivity contribution in [3.8, 4) is 11.5 Å². The van der Waals surface area contributed by atoms with Crippen LogP contribution in [0.3, 0.4) is 0 Å². The molecule has 2 amide bonds. The van der Waals surface area contributed by atoms with Gasteiger partial charge in [0.1, 0.15) is 0 Å². The first-order valence-electron chi connectivity index (χ1n) is 13.9. The molecule has 1 saturated heterocycles. The van der Waals surface area contributed by atoms with Gasteiger partial charge in [-0.15, -0.1) is 0 Å². The predicted molar refractivity (Wildman–Crippen MR) is 164 cm³/mol. The summed E-state index contributed by atoms with van der Waals surface area (Å²) in [6.45, 7) is 3.82. The first-order chi connectivity index (χ1) is 19.2. The number of halogens is 1. The zero-order chi connectivity index (χ0) is 29.0. The van der Waals surface area contributed by atoms with Crippen molar-refractivity contribution < 1.29 is 29.6 Å². The Bertz CT molecular complexity index is 1300. The topological polar surface area (TPSA) is 107 Å². The lowest BCUT2D eigenvalue weighted by Gasteiger charge is -2.36. The van der Waals surface area contributed by atoms with E-state index in [0.29, 0.717) is 40.7 Å². The second-order valence-corrected chi connectivity index (χ2v) is 11.7. The number of benzene rings is 2. The second-order valence-electron chi connectivity index (χ2n) is 10.5. The number of allylic oxidation sites excluding steroid dienone is 2. The number of rotatable bonds is 11. The first kappa shape index (κ1) is 30.3. The van der Waals surface area contributed by atoms with Gasteiger partial charge >= 0.3 is 0 Å². The van der Waals surface area contributed by atoms with Crippen molar-refractivity contribution in [2.24, 2.45) is 17.8 Å². The lowest BCUT2D eigenvalue weighted by molar-refractivity contribution is -0.123. The summed E-state index contributed by atoms with van der Waals surface area (Å²) in [4.78, 5) is 28.4. The highest BCUT2D eigenvalue weighted by Gasteiger charge is 2.55. The van der Waals surface area contributed by atoms with Gasteiger partial charge in [-0.2, -0.15) is 0 Å². The molecule has 1 aliphatic heterocycles. The molecular weight excluding hydrogens is 621 g/mol. The number of carbonyl (C=O) groups is 2. The highest BCUT2D eigenvalue weighted by atomic mass is 127. The molecule has 214 valence electrons. The lowest BCUT2D eigenvalue weighted by Crippen LogP contribution is -2.39. The van der Waals surface area contributed by atoms with Gasteiger partial charge in [0, 0.05) is 5.92 Å². The van der Waals surface area contributed by atoms with E-state index >= 15 is 0 Å². The number of para-hydroxylation sites is 1. The van der Waals surface area contributed by atoms with Crippen LogP contribution in [0.25, 0.3) is 6.08 Å². The number of fused-ring (bicyclic) bond motifs is 1. The van der Waals surface area contributed by atoms with Crippen LogP contribution in [0.5, 0.6) is 11.5 Å². The first-order valence-corrected chi connectivity index (χ1v) is 15.0. The van der Waals surface area contributed by atoms with E-state index in [1.807, 2.05) is 12.1 Å². The Kier molecular flexibility index (Phi) is 10.1. The Labute approximate surface area is 249 Å². The third-order valence-electron chi connectivity index (χ3n) is 8.14. The van der Waals surface area contributed by atoms with E-state index in [0.717, 1.165) is 35.1 Å². The highest BCUT2D eigenvalue weighted by Crippen LogP contribution is 2.48. The molecule has 0 radical (unpaired) electrons. The standard InChI is InChI=1S/C32H38INO6/c1-4-9-21-17-23-29(32(39)34(31(23)38)22-10-7-6-8-11-22)24(18-35)28(21)26(36)13-12-19(5-2)14-20-15-25(33)30(37)27(16-20)40-3/h6-8,10-11,14-16,23-24,26,29,35-37H,4-5,9,12-13,17-18H2,1-3H3/b19-14+/t23-,24+,26-,29-/m1/s1. The summed E-state index contributed by atoms with van der Waals surface area (Å²) in [5.74, 6) is -1.82. The Morgan fingerprint density at radius 2 is 1.90 bits per heavy atom. The molecule has 0 saturated carbocycles. The number of methoxy groups -OCH3 is 1. The van der Waals surface area contributed by atoms with Crippen LogP contribution in [0, 0.1) is 21.3 Å². The van der Waals surface area contributed by atoms with E-state index in [4.69, 9.17) is 4.74 Å². The van der Waals surface area contributed by atoms with Crippen molar-refractivity contribution in [3.63, 3.8) is 0 Å². The zero-order valence-corrected chi connectivity index (χ0v) is 25.4. The summed E-state index contributed by atoms with van der Waals surface area (Å²) >= 11 is 2.07. The van der Waals surface area contributed by atoms with E-state index in [-0.39, 0.29) is 24.2 Å². The van der Waals surface area contributed by atoms with Gasteiger partial charge in [-0.3, -0.25) is 14.5 Å². The number of carbonyl (C=O) groups excluding carboxylic acids is 2. The van der Waals surface area contributed by atoms with Gasteiger partial charge in [0.25, 0.3) is 0 Å². The summed E-state index contributed by atoms with van der Waals surface area (Å²) in [6.07, 6.45) is 5.03. The van der Waals surface area contributed by atoms with Gasteiger partial charge < -0.3 is 20.1 Å². The fourth-order valence-corrected chi connectivity index (χ4v) is 6.85. The normalized spacial score (nSPS) is 22.1. The molecule has 2 aromatic rings. The van der Waals surface area contributed by atoms with Gasteiger partial charge in [0.15, 0.2) is 11.5 Å². The van der Waals surface area contributed by atoms with Crippen molar-refractivity contribution in [1.29, 1.82) is 0 Å². The van der Waals surface area contributed by atoms with Crippen molar-refractivity contribution in [1.82, 2.24) is 0 Å². The number of ether oxygens (including phenoxy) is 1. The fraction of sp³-hybridized carbons (Fsp3) is 0.438. The summed E-state index contributed by atoms with van der Waals surface area (Å²) < 4.78 is 5.99. The van der Waals surface area contributed by atoms with E-state index in [1.165, 1.54) is 12.0 Å². The summed E-state index contributed by atoms with van der Waals surface area (Å²) in [6, 6.07) is 12.6. The largest absolute Gasteiger partial charge is 0.504 e. The summed E-state index contributed by atoms with van der Waals surface area (Å²) in [7, 11) is 1.52. The maximum absolute atomic E-state index is 13.6. The van der Waals surface area contributed by atoms with Crippen LogP contribution in [0.1, 0.15) is 57.9 Å². The van der Waals surface area contributed by atoms with Crippen molar-refractivity contribution in [2.45, 2.75) is 58.5 Å². The van der Waals surface area contributed by atoms with Crippen LogP contribution in [-0.4, -0.2) is 47.0 Å². The third-order valence-corrected chi connectivity index (χ3v) is 8.96. The van der Waals surface area contributed by atoms with Crippen LogP contribution >= 0.6 is 22.6 Å². The monoisotopic (exact) mass is 659 g/mol. The number of phenolic OH excluding ortho intramolecular Hbond substituents is 1. The van der Waals surface area contributed by atoms with E-state index in [1.54, 1.807) is 30.3 Å². The molecule has 2 aromatic carbocycles. The maximum atomic E-state index is 13.6. The van der Waals surface area contributed by atoms with Crippen molar-refractivity contribution in [2.75, 3.05) is 18.6 Å². The van der Waals surface area contributed by atoms with Gasteiger partial charge in [-0.25, -0.2) is 0 Å². The smallest absolute Gasteiger partial charge is 0.238 e. The Morgan fingerprint density at radius 3 is 2.52 bits per heavy atom. The van der Waals surface area contributed by atoms with Crippen LogP contribution in [-0.2, 0) is 9.59 Å². The Morgan fingerprint density at radius 1 is 1.18 bits per heavy atom. The van der Waals surface area contributed by atoms with Crippen LogP contribution in [0.2, 0.25) is 0 Å². The van der Waals surface area contributed by atoms with E-state index < -0.39 is 23.9 Å². The number of hydrogen-bond donors (Lipinski definition) is 3. The molecule has 1 fully saturated rings. The lowest BCUT2D eigenvalue weighted by atomic mass is 9.67. The van der Waals surface area contributed by atoms with Gasteiger partial charge in [-0.1, -0.05) is 55.7 Å². The predicted octanol–water partition coefficient (Wildman–Crippen LogP) is 5.85. The van der Waals surface area contributed by atoms with Gasteiger partial charge in [0.05, 0.1) is 40.9 Å². The number of imide groups is 1. The SMILES string of the molecule is CCCC1=C([C@H](O)CC/C(=C/c2cc(I)c(O)c(OC)c2)CC)[C@H](CO)[C@@H]2C(=O)N(c3ccccc3)C(=O)[C@@H]2C1. The number of amides is 2. The molecule has 0 spiro atoms. The second kappa shape index (κ2) is 13.3. The van der Waals surface area contributed by atoms with Gasteiger partial charge in [0.2, 0.25) is 11.8 Å². The number of phenols is 1. The number of aromatic hydroxyl groups is 1. The molecule has 8 heteroatoms. The van der Waals surface area contributed by atoms with Crippen molar-refractivity contribution in [3.05, 3.63) is 68.3 Å². The van der Waals surface area contributed by atoms with Crippen LogP contribution < -0.4 is 9.64 Å². The molecule has 4 atom stereocenters. The van der Waals surface area contributed by atoms with Crippen LogP contribution in [0.15, 0.2) is 59.2 Å². The molecule has 2 aliphatic rings. The zero-order valence-electron chi connectivity index (χ0n) is 23.3. The number of hydrogen-bond acceptors (Lipinski definition) is 6. The average molecular weight is 660 g/mol. The minimum atomic E-state index is -0.835. The quantitative estimate of drug-likeness (QED) is 0.159. The van der Waals surface area contributed by atoms with Crippen molar-refractivity contribution >= 4 is 46.2 Å². The van der Waals surface area contributed by atoms with Crippen LogP contribution in [0.4, 0.5) is 5.69 Å². The molecule has 1 aliphatic carbocycles. The maximum Gasteiger partial charge on any atom is 0.238 e. The van der Waals surface area contributed by atoms with Gasteiger partial charge in [-0.05, 0) is 90.1 Å². The van der Waals surface area contributed by atoms with E-state index in [2.05, 4.69) is 42.5 Å². The minimum Gasteiger partial charge on any atom is -0.504 e. The number of aliphatic hydroxyl groups is 2. The molecule has 0 bridgehead atoms. The highest BCUT2D eigenvalue weighted by molar-refractivity contribution is 14.1. The Balaban J connectivity index is 1.59. The molecule has 0 aromatic heterocycles. The number of anilines is 1. The molecule has 7 nitrogen and oxygen atoms in total. The third kappa shape index (κ3) is 5.99. The number of aliphatic hydroxyl groups excluding tert-OH is 2. The van der Waals surface area contributed by atoms with E-state index in [9.17, 15) is 24.9 Å². The summed E-state index contributed by atoms with van der Waals surface area (Å²) in [5, 5.41) is 32.3. The molecule has 4 rings (SSSR count).